The highest BCUT2D eigenvalue weighted by Gasteiger charge is 2.32. The summed E-state index contributed by atoms with van der Waals surface area (Å²) in [5.74, 6) is 0.377. The third-order valence-corrected chi connectivity index (χ3v) is 5.93. The minimum Gasteiger partial charge on any atom is -0.353 e. The highest BCUT2D eigenvalue weighted by atomic mass is 32.2. The number of thioether (sulfide) groups is 1. The van der Waals surface area contributed by atoms with E-state index in [1.807, 2.05) is 47.6 Å². The molecule has 1 amide bonds. The highest BCUT2D eigenvalue weighted by Crippen LogP contribution is 2.40. The van der Waals surface area contributed by atoms with E-state index in [1.165, 1.54) is 22.9 Å². The molecule has 6 heteroatoms. The molecular formula is C22H24N4OS. The molecule has 0 aliphatic carbocycles. The third-order valence-electron chi connectivity index (χ3n) is 4.99. The summed E-state index contributed by atoms with van der Waals surface area (Å²) in [7, 11) is 0. The lowest BCUT2D eigenvalue weighted by Gasteiger charge is -2.29. The largest absolute Gasteiger partial charge is 0.353 e. The van der Waals surface area contributed by atoms with E-state index < -0.39 is 0 Å². The monoisotopic (exact) mass is 392 g/mol. The normalized spacial score (nSPS) is 18.2. The molecule has 0 bridgehead atoms. The van der Waals surface area contributed by atoms with Crippen LogP contribution in [0.25, 0.3) is 0 Å². The number of hydrogen-bond donors (Lipinski definition) is 1. The number of carbonyl (C=O) groups excluding carboxylic acids is 1. The van der Waals surface area contributed by atoms with Crippen LogP contribution in [0.4, 0.5) is 5.69 Å². The lowest BCUT2D eigenvalue weighted by atomic mass is 10.0. The van der Waals surface area contributed by atoms with Gasteiger partial charge in [-0.1, -0.05) is 60.3 Å². The second-order valence-electron chi connectivity index (χ2n) is 7.13. The Bertz CT molecular complexity index is 896. The Morgan fingerprint density at radius 3 is 2.86 bits per heavy atom. The standard InChI is InChI=1S/C22H24N4OS/c1-16(11-12-17-7-3-2-4-8-17)24-21(27)15-28-22-25-19-10-6-5-9-18(19)20-13-14-23-26(20)22/h2-10,14,16,20H,11-13,15H2,1H3,(H,24,27). The fourth-order valence-electron chi connectivity index (χ4n) is 3.53. The first-order valence-electron chi connectivity index (χ1n) is 9.66. The molecule has 0 radical (unpaired) electrons. The predicted octanol–water partition coefficient (Wildman–Crippen LogP) is 4.29. The summed E-state index contributed by atoms with van der Waals surface area (Å²) in [4.78, 5) is 17.1. The van der Waals surface area contributed by atoms with Gasteiger partial charge in [-0.15, -0.1) is 0 Å². The molecule has 144 valence electrons. The van der Waals surface area contributed by atoms with Gasteiger partial charge in [-0.3, -0.25) is 4.79 Å². The van der Waals surface area contributed by atoms with Crippen LogP contribution >= 0.6 is 11.8 Å². The molecule has 2 unspecified atom stereocenters. The summed E-state index contributed by atoms with van der Waals surface area (Å²) >= 11 is 1.45. The number of aryl methyl sites for hydroxylation is 1. The van der Waals surface area contributed by atoms with Gasteiger partial charge in [0.15, 0.2) is 5.17 Å². The summed E-state index contributed by atoms with van der Waals surface area (Å²) in [6, 6.07) is 18.9. The zero-order valence-electron chi connectivity index (χ0n) is 15.9. The average molecular weight is 393 g/mol. The van der Waals surface area contributed by atoms with Gasteiger partial charge in [0.1, 0.15) is 0 Å². The van der Waals surface area contributed by atoms with Crippen LogP contribution in [-0.4, -0.2) is 34.1 Å². The first-order valence-corrected chi connectivity index (χ1v) is 10.6. The maximum atomic E-state index is 12.4. The van der Waals surface area contributed by atoms with Gasteiger partial charge in [0.2, 0.25) is 5.91 Å². The van der Waals surface area contributed by atoms with Crippen molar-refractivity contribution in [2.24, 2.45) is 10.1 Å². The lowest BCUT2D eigenvalue weighted by Crippen LogP contribution is -2.35. The van der Waals surface area contributed by atoms with Gasteiger partial charge < -0.3 is 5.32 Å². The quantitative estimate of drug-likeness (QED) is 0.798. The Kier molecular flexibility index (Phi) is 5.76. The maximum absolute atomic E-state index is 12.4. The van der Waals surface area contributed by atoms with Crippen molar-refractivity contribution in [1.29, 1.82) is 0 Å². The molecule has 0 spiro atoms. The van der Waals surface area contributed by atoms with E-state index in [9.17, 15) is 4.79 Å². The Morgan fingerprint density at radius 1 is 1.21 bits per heavy atom. The van der Waals surface area contributed by atoms with E-state index in [1.54, 1.807) is 0 Å². The molecule has 0 saturated carbocycles. The Hall–Kier alpha value is -2.60. The summed E-state index contributed by atoms with van der Waals surface area (Å²) in [5, 5.41) is 10.3. The molecule has 0 saturated heterocycles. The zero-order chi connectivity index (χ0) is 19.3. The summed E-state index contributed by atoms with van der Waals surface area (Å²) < 4.78 is 0. The number of aliphatic imine (C=N–C) groups is 1. The topological polar surface area (TPSA) is 57.1 Å². The number of carbonyl (C=O) groups is 1. The Morgan fingerprint density at radius 2 is 2.00 bits per heavy atom. The summed E-state index contributed by atoms with van der Waals surface area (Å²) in [5.41, 5.74) is 3.47. The van der Waals surface area contributed by atoms with E-state index in [4.69, 9.17) is 4.99 Å². The number of fused-ring (bicyclic) bond motifs is 3. The van der Waals surface area contributed by atoms with Crippen LogP contribution < -0.4 is 5.32 Å². The van der Waals surface area contributed by atoms with Crippen LogP contribution in [0.2, 0.25) is 0 Å². The van der Waals surface area contributed by atoms with Crippen molar-refractivity contribution in [2.75, 3.05) is 5.75 Å². The molecule has 28 heavy (non-hydrogen) atoms. The van der Waals surface area contributed by atoms with Crippen LogP contribution in [0.3, 0.4) is 0 Å². The SMILES string of the molecule is CC(CCc1ccccc1)NC(=O)CSC1=Nc2ccccc2C2CC=NN12. The van der Waals surface area contributed by atoms with Crippen LogP contribution in [0.15, 0.2) is 64.7 Å². The predicted molar refractivity (Wildman–Crippen MR) is 116 cm³/mol. The lowest BCUT2D eigenvalue weighted by molar-refractivity contribution is -0.119. The molecular weight excluding hydrogens is 368 g/mol. The first kappa shape index (κ1) is 18.7. The van der Waals surface area contributed by atoms with Crippen molar-refractivity contribution in [3.63, 3.8) is 0 Å². The molecule has 2 aliphatic heterocycles. The van der Waals surface area contributed by atoms with Crippen molar-refractivity contribution < 1.29 is 4.79 Å². The van der Waals surface area contributed by atoms with Crippen molar-refractivity contribution in [3.05, 3.63) is 65.7 Å². The molecule has 0 aromatic heterocycles. The van der Waals surface area contributed by atoms with Crippen LogP contribution in [-0.2, 0) is 11.2 Å². The second-order valence-corrected chi connectivity index (χ2v) is 8.07. The molecule has 4 rings (SSSR count). The van der Waals surface area contributed by atoms with Crippen LogP contribution in [0.1, 0.15) is 36.9 Å². The fourth-order valence-corrected chi connectivity index (χ4v) is 4.34. The smallest absolute Gasteiger partial charge is 0.230 e. The van der Waals surface area contributed by atoms with E-state index in [-0.39, 0.29) is 18.0 Å². The van der Waals surface area contributed by atoms with Crippen LogP contribution in [0, 0.1) is 0 Å². The zero-order valence-corrected chi connectivity index (χ0v) is 16.7. The van der Waals surface area contributed by atoms with Crippen LogP contribution in [0.5, 0.6) is 0 Å². The van der Waals surface area contributed by atoms with Gasteiger partial charge in [-0.25, -0.2) is 10.0 Å². The number of amides is 1. The number of hydrazone groups is 1. The van der Waals surface area contributed by atoms with Crippen molar-refractivity contribution in [2.45, 2.75) is 38.3 Å². The van der Waals surface area contributed by atoms with Crippen molar-refractivity contribution in [1.82, 2.24) is 10.3 Å². The fraction of sp³-hybridized carbons (Fsp3) is 0.318. The minimum atomic E-state index is 0.0341. The number of rotatable bonds is 6. The van der Waals surface area contributed by atoms with E-state index in [0.29, 0.717) is 5.75 Å². The molecule has 2 aromatic rings. The second kappa shape index (κ2) is 8.61. The summed E-state index contributed by atoms with van der Waals surface area (Å²) in [6.07, 6.45) is 4.68. The average Bonchev–Trinajstić information content (AvgIpc) is 3.22. The van der Waals surface area contributed by atoms with Gasteiger partial charge >= 0.3 is 0 Å². The molecule has 2 heterocycles. The van der Waals surface area contributed by atoms with Gasteiger partial charge in [0.25, 0.3) is 0 Å². The van der Waals surface area contributed by atoms with Gasteiger partial charge in [0, 0.05) is 24.2 Å². The molecule has 2 aromatic carbocycles. The molecule has 0 fully saturated rings. The van der Waals surface area contributed by atoms with E-state index >= 15 is 0 Å². The molecule has 5 nitrogen and oxygen atoms in total. The number of para-hydroxylation sites is 1. The number of hydrogen-bond acceptors (Lipinski definition) is 5. The Labute approximate surface area is 169 Å². The minimum absolute atomic E-state index is 0.0341. The number of nitrogens with zero attached hydrogens (tertiary/aromatic N) is 3. The Balaban J connectivity index is 1.31. The summed E-state index contributed by atoms with van der Waals surface area (Å²) in [6.45, 7) is 2.06. The maximum Gasteiger partial charge on any atom is 0.230 e. The molecule has 2 atom stereocenters. The van der Waals surface area contributed by atoms with E-state index in [2.05, 4.69) is 35.5 Å². The van der Waals surface area contributed by atoms with Gasteiger partial charge in [-0.2, -0.15) is 5.10 Å². The number of amidine groups is 1. The number of benzene rings is 2. The van der Waals surface area contributed by atoms with Crippen molar-refractivity contribution in [3.8, 4) is 0 Å². The number of nitrogens with one attached hydrogen (secondary N) is 1. The molecule has 2 aliphatic rings. The molecule has 1 N–H and O–H groups in total. The highest BCUT2D eigenvalue weighted by molar-refractivity contribution is 8.14. The van der Waals surface area contributed by atoms with Gasteiger partial charge in [-0.05, 0) is 31.4 Å². The van der Waals surface area contributed by atoms with E-state index in [0.717, 1.165) is 30.1 Å². The third kappa shape index (κ3) is 4.28. The van der Waals surface area contributed by atoms with Crippen molar-refractivity contribution >= 4 is 34.7 Å². The van der Waals surface area contributed by atoms with Gasteiger partial charge in [0.05, 0.1) is 17.5 Å². The first-order chi connectivity index (χ1) is 13.7.